The first kappa shape index (κ1) is 21.6. The highest BCUT2D eigenvalue weighted by atomic mass is 32.2. The van der Waals surface area contributed by atoms with Gasteiger partial charge in [-0.2, -0.15) is 11.8 Å². The molecule has 0 amide bonds. The van der Waals surface area contributed by atoms with E-state index in [0.29, 0.717) is 24.6 Å². The van der Waals surface area contributed by atoms with Crippen LogP contribution in [0.4, 0.5) is 0 Å². The van der Waals surface area contributed by atoms with Gasteiger partial charge in [-0.1, -0.05) is 0 Å². The molecule has 0 saturated heterocycles. The summed E-state index contributed by atoms with van der Waals surface area (Å²) in [4.78, 5) is 36.4. The van der Waals surface area contributed by atoms with E-state index < -0.39 is 25.8 Å². The van der Waals surface area contributed by atoms with Gasteiger partial charge in [-0.3, -0.25) is 9.13 Å². The van der Waals surface area contributed by atoms with Crippen LogP contribution in [-0.2, 0) is 9.13 Å². The molecule has 0 bridgehead atoms. The molecule has 0 aliphatic heterocycles. The molecule has 0 heterocycles. The van der Waals surface area contributed by atoms with E-state index in [1.165, 1.54) is 39.5 Å². The summed E-state index contributed by atoms with van der Waals surface area (Å²) in [6.07, 6.45) is 0. The molecule has 0 aromatic carbocycles. The molecular formula is C10H26N2O6P2S. The molecule has 0 saturated carbocycles. The summed E-state index contributed by atoms with van der Waals surface area (Å²) < 4.78 is 22.3. The van der Waals surface area contributed by atoms with Gasteiger partial charge < -0.3 is 30.2 Å². The summed E-state index contributed by atoms with van der Waals surface area (Å²) in [7, 11) is -8.38. The van der Waals surface area contributed by atoms with E-state index in [0.717, 1.165) is 0 Å². The van der Waals surface area contributed by atoms with E-state index >= 15 is 0 Å². The highest BCUT2D eigenvalue weighted by Gasteiger charge is 2.37. The van der Waals surface area contributed by atoms with E-state index in [-0.39, 0.29) is 0 Å². The fraction of sp³-hybridized carbons (Fsp3) is 1.00. The van der Waals surface area contributed by atoms with Gasteiger partial charge in [0.25, 0.3) is 0 Å². The van der Waals surface area contributed by atoms with Crippen molar-refractivity contribution < 1.29 is 28.7 Å². The van der Waals surface area contributed by atoms with E-state index in [1.54, 1.807) is 0 Å². The molecule has 0 radical (unpaired) electrons. The van der Waals surface area contributed by atoms with Crippen LogP contribution in [0.2, 0.25) is 0 Å². The minimum Gasteiger partial charge on any atom is -0.323 e. The van der Waals surface area contributed by atoms with Gasteiger partial charge in [0.15, 0.2) is 0 Å². The van der Waals surface area contributed by atoms with E-state index in [4.69, 9.17) is 19.6 Å². The van der Waals surface area contributed by atoms with Crippen LogP contribution in [0.3, 0.4) is 0 Å². The van der Waals surface area contributed by atoms with Crippen molar-refractivity contribution in [3.8, 4) is 0 Å². The summed E-state index contributed by atoms with van der Waals surface area (Å²) in [5.74, 6) is 1.28. The number of thioether (sulfide) groups is 1. The fourth-order valence-electron chi connectivity index (χ4n) is 1.17. The van der Waals surface area contributed by atoms with Crippen LogP contribution in [-0.4, -0.2) is 54.7 Å². The predicted octanol–water partition coefficient (Wildman–Crippen LogP) is 0.726. The SMILES string of the molecule is CC(C)(NCCSCCNC(C)(C)P(=O)(O)O)P(=O)(O)O. The lowest BCUT2D eigenvalue weighted by molar-refractivity contribution is 0.317. The standard InChI is InChI=1S/C10H26N2O6P2S/c1-9(2,19(13,14)15)11-5-7-21-8-6-12-10(3,4)20(16,17)18/h11-12H,5-8H2,1-4H3,(H2,13,14,15)(H2,16,17,18). The second-order valence-electron chi connectivity index (χ2n) is 5.67. The summed E-state index contributed by atoms with van der Waals surface area (Å²) in [5.41, 5.74) is 0. The maximum atomic E-state index is 11.2. The zero-order valence-corrected chi connectivity index (χ0v) is 15.3. The molecule has 0 rings (SSSR count). The molecule has 0 atom stereocenters. The Bertz CT molecular complexity index is 382. The monoisotopic (exact) mass is 364 g/mol. The molecule has 21 heavy (non-hydrogen) atoms. The van der Waals surface area contributed by atoms with E-state index in [9.17, 15) is 9.13 Å². The lowest BCUT2D eigenvalue weighted by Gasteiger charge is -2.27. The molecule has 0 aromatic rings. The Hall–Kier alpha value is 0.570. The molecule has 0 aliphatic carbocycles. The molecular weight excluding hydrogens is 338 g/mol. The Kier molecular flexibility index (Phi) is 8.12. The van der Waals surface area contributed by atoms with Crippen molar-refractivity contribution in [3.63, 3.8) is 0 Å². The average Bonchev–Trinajstić information content (AvgIpc) is 2.24. The maximum absolute atomic E-state index is 11.2. The molecule has 128 valence electrons. The van der Waals surface area contributed by atoms with Gasteiger partial charge in [0.05, 0.1) is 0 Å². The summed E-state index contributed by atoms with van der Waals surface area (Å²) in [6.45, 7) is 6.66. The topological polar surface area (TPSA) is 139 Å². The molecule has 0 fully saturated rings. The lowest BCUT2D eigenvalue weighted by atomic mass is 10.4. The van der Waals surface area contributed by atoms with Gasteiger partial charge in [0.2, 0.25) is 0 Å². The van der Waals surface area contributed by atoms with Crippen LogP contribution in [0, 0.1) is 0 Å². The van der Waals surface area contributed by atoms with Crippen LogP contribution in [0.1, 0.15) is 27.7 Å². The average molecular weight is 364 g/mol. The van der Waals surface area contributed by atoms with Gasteiger partial charge in [-0.25, -0.2) is 0 Å². The van der Waals surface area contributed by atoms with Gasteiger partial charge in [-0.15, -0.1) is 0 Å². The van der Waals surface area contributed by atoms with Crippen molar-refractivity contribution in [3.05, 3.63) is 0 Å². The zero-order chi connectivity index (χ0) is 16.9. The largest absolute Gasteiger partial charge is 0.344 e. The first-order valence-corrected chi connectivity index (χ1v) is 10.8. The van der Waals surface area contributed by atoms with Crippen LogP contribution in [0.5, 0.6) is 0 Å². The van der Waals surface area contributed by atoms with Crippen molar-refractivity contribution in [2.75, 3.05) is 24.6 Å². The first-order chi connectivity index (χ1) is 9.21. The lowest BCUT2D eigenvalue weighted by Crippen LogP contribution is -2.41. The summed E-state index contributed by atoms with van der Waals surface area (Å²) in [6, 6.07) is 0. The van der Waals surface area contributed by atoms with Gasteiger partial charge in [0, 0.05) is 24.6 Å². The number of rotatable bonds is 10. The summed E-state index contributed by atoms with van der Waals surface area (Å²) in [5, 5.41) is 3.09. The zero-order valence-electron chi connectivity index (χ0n) is 12.7. The second-order valence-corrected chi connectivity index (χ2v) is 11.3. The molecule has 0 unspecified atom stereocenters. The Balaban J connectivity index is 3.86. The maximum Gasteiger partial charge on any atom is 0.344 e. The van der Waals surface area contributed by atoms with Crippen LogP contribution < -0.4 is 10.6 Å². The smallest absolute Gasteiger partial charge is 0.323 e. The van der Waals surface area contributed by atoms with Crippen LogP contribution in [0.15, 0.2) is 0 Å². The van der Waals surface area contributed by atoms with Crippen molar-refractivity contribution >= 4 is 27.0 Å². The highest BCUT2D eigenvalue weighted by molar-refractivity contribution is 7.99. The normalized spacial score (nSPS) is 14.5. The molecule has 6 N–H and O–H groups in total. The number of nitrogens with one attached hydrogen (secondary N) is 2. The van der Waals surface area contributed by atoms with Crippen molar-refractivity contribution in [1.29, 1.82) is 0 Å². The highest BCUT2D eigenvalue weighted by Crippen LogP contribution is 2.48. The van der Waals surface area contributed by atoms with Gasteiger partial charge in [0.1, 0.15) is 10.6 Å². The molecule has 0 aliphatic rings. The van der Waals surface area contributed by atoms with Gasteiger partial charge >= 0.3 is 15.2 Å². The third-order valence-corrected chi connectivity index (χ3v) is 7.28. The third kappa shape index (κ3) is 7.59. The molecule has 11 heteroatoms. The fourth-order valence-corrected chi connectivity index (χ4v) is 2.50. The van der Waals surface area contributed by atoms with Gasteiger partial charge in [-0.05, 0) is 27.7 Å². The quantitative estimate of drug-likeness (QED) is 0.244. The minimum absolute atomic E-state index is 0.435. The Morgan fingerprint density at radius 2 is 1.10 bits per heavy atom. The second kappa shape index (κ2) is 7.90. The summed E-state index contributed by atoms with van der Waals surface area (Å²) >= 11 is 1.52. The first-order valence-electron chi connectivity index (χ1n) is 6.40. The Morgan fingerprint density at radius 1 is 0.810 bits per heavy atom. The molecule has 8 nitrogen and oxygen atoms in total. The van der Waals surface area contributed by atoms with Crippen molar-refractivity contribution in [2.24, 2.45) is 0 Å². The van der Waals surface area contributed by atoms with Crippen molar-refractivity contribution in [2.45, 2.75) is 38.3 Å². The minimum atomic E-state index is -4.19. The van der Waals surface area contributed by atoms with E-state index in [2.05, 4.69) is 10.6 Å². The van der Waals surface area contributed by atoms with Crippen molar-refractivity contribution in [1.82, 2.24) is 10.6 Å². The number of hydrogen-bond acceptors (Lipinski definition) is 5. The molecule has 0 spiro atoms. The Labute approximate surface area is 129 Å². The van der Waals surface area contributed by atoms with E-state index in [1.807, 2.05) is 0 Å². The van der Waals surface area contributed by atoms with Crippen LogP contribution >= 0.6 is 27.0 Å². The number of hydrogen-bond donors (Lipinski definition) is 6. The third-order valence-electron chi connectivity index (χ3n) is 3.06. The Morgan fingerprint density at radius 3 is 1.33 bits per heavy atom. The van der Waals surface area contributed by atoms with Crippen LogP contribution in [0.25, 0.3) is 0 Å². The predicted molar refractivity (Wildman–Crippen MR) is 85.6 cm³/mol. The molecule has 0 aromatic heterocycles.